The van der Waals surface area contributed by atoms with Gasteiger partial charge in [0.1, 0.15) is 12.5 Å². The summed E-state index contributed by atoms with van der Waals surface area (Å²) in [5, 5.41) is 0. The third kappa shape index (κ3) is 5.35. The van der Waals surface area contributed by atoms with Crippen LogP contribution in [0.4, 0.5) is 0 Å². The first-order valence-corrected chi connectivity index (χ1v) is 11.7. The van der Waals surface area contributed by atoms with E-state index in [4.69, 9.17) is 24.9 Å². The van der Waals surface area contributed by atoms with E-state index in [9.17, 15) is 0 Å². The lowest BCUT2D eigenvalue weighted by Gasteiger charge is -2.40. The average molecular weight is 432 g/mol. The van der Waals surface area contributed by atoms with E-state index in [1.54, 1.807) is 7.11 Å². The van der Waals surface area contributed by atoms with Gasteiger partial charge < -0.3 is 24.8 Å². The Morgan fingerprint density at radius 2 is 1.90 bits per heavy atom. The molecule has 2 aliphatic rings. The fourth-order valence-corrected chi connectivity index (χ4v) is 5.03. The molecule has 0 aromatic heterocycles. The quantitative estimate of drug-likeness (QED) is 0.372. The molecule has 174 valence electrons. The van der Waals surface area contributed by atoms with Crippen molar-refractivity contribution in [3.8, 4) is 5.75 Å². The van der Waals surface area contributed by atoms with Crippen molar-refractivity contribution in [1.82, 2.24) is 4.90 Å². The van der Waals surface area contributed by atoms with Crippen molar-refractivity contribution in [2.24, 2.45) is 22.1 Å². The number of benzene rings is 1. The van der Waals surface area contributed by atoms with Gasteiger partial charge in [0.25, 0.3) is 0 Å². The topological polar surface area (TPSA) is 69.3 Å². The highest BCUT2D eigenvalue weighted by Gasteiger charge is 2.48. The number of rotatable bonds is 8. The summed E-state index contributed by atoms with van der Waals surface area (Å²) in [7, 11) is 3.52. The van der Waals surface area contributed by atoms with Gasteiger partial charge >= 0.3 is 0 Å². The number of hydrogen-bond acceptors (Lipinski definition) is 4. The monoisotopic (exact) mass is 431 g/mol. The van der Waals surface area contributed by atoms with Crippen LogP contribution in [0.15, 0.2) is 23.2 Å². The second-order valence-corrected chi connectivity index (χ2v) is 9.91. The summed E-state index contributed by atoms with van der Waals surface area (Å²) < 4.78 is 17.1. The minimum atomic E-state index is 0.0287. The Kier molecular flexibility index (Phi) is 7.87. The molecule has 1 aromatic rings. The first kappa shape index (κ1) is 23.9. The highest BCUT2D eigenvalue weighted by Crippen LogP contribution is 2.56. The van der Waals surface area contributed by atoms with Crippen LogP contribution in [0, 0.1) is 11.3 Å². The molecular weight excluding hydrogens is 390 g/mol. The second-order valence-electron chi connectivity index (χ2n) is 9.91. The van der Waals surface area contributed by atoms with Crippen molar-refractivity contribution in [2.45, 2.75) is 78.0 Å². The molecule has 1 atom stereocenters. The van der Waals surface area contributed by atoms with E-state index in [0.29, 0.717) is 31.3 Å². The standard InChI is InChI=1S/C25H41N3O3/c1-17(2)15-31-21-8-7-19-14-25(11-9-20(30-6)10-12-25)23(22(19)13-21)27-24(26)28(16-29-5)18(3)4/h7-8,13,17-18,20,23H,9-12,14-16H2,1-6H3,(H2,26,27). The lowest BCUT2D eigenvalue weighted by molar-refractivity contribution is 0.0206. The van der Waals surface area contributed by atoms with Crippen molar-refractivity contribution in [2.75, 3.05) is 27.6 Å². The summed E-state index contributed by atoms with van der Waals surface area (Å²) in [5.41, 5.74) is 9.29. The van der Waals surface area contributed by atoms with E-state index in [0.717, 1.165) is 37.9 Å². The third-order valence-electron chi connectivity index (χ3n) is 6.83. The molecule has 0 radical (unpaired) electrons. The van der Waals surface area contributed by atoms with Crippen LogP contribution in [0.3, 0.4) is 0 Å². The molecule has 6 nitrogen and oxygen atoms in total. The largest absolute Gasteiger partial charge is 0.493 e. The lowest BCUT2D eigenvalue weighted by Crippen LogP contribution is -2.44. The van der Waals surface area contributed by atoms with E-state index in [2.05, 4.69) is 45.9 Å². The molecule has 31 heavy (non-hydrogen) atoms. The molecule has 0 bridgehead atoms. The first-order chi connectivity index (χ1) is 14.8. The predicted molar refractivity (Wildman–Crippen MR) is 125 cm³/mol. The number of nitrogens with two attached hydrogens (primary N) is 1. The molecule has 3 rings (SSSR count). The Hall–Kier alpha value is -1.79. The van der Waals surface area contributed by atoms with Gasteiger partial charge in [0, 0.05) is 25.7 Å². The Balaban J connectivity index is 1.96. The van der Waals surface area contributed by atoms with Crippen LogP contribution in [-0.4, -0.2) is 50.6 Å². The van der Waals surface area contributed by atoms with Gasteiger partial charge in [-0.3, -0.25) is 0 Å². The highest BCUT2D eigenvalue weighted by molar-refractivity contribution is 5.78. The Morgan fingerprint density at radius 1 is 1.19 bits per heavy atom. The average Bonchev–Trinajstić information content (AvgIpc) is 3.03. The molecule has 0 aliphatic heterocycles. The first-order valence-electron chi connectivity index (χ1n) is 11.7. The van der Waals surface area contributed by atoms with Gasteiger partial charge in [0.05, 0.1) is 18.8 Å². The van der Waals surface area contributed by atoms with Gasteiger partial charge in [0.2, 0.25) is 0 Å². The number of guanidine groups is 1. The van der Waals surface area contributed by atoms with Crippen LogP contribution < -0.4 is 10.5 Å². The Morgan fingerprint density at radius 3 is 2.48 bits per heavy atom. The highest BCUT2D eigenvalue weighted by atomic mass is 16.5. The number of fused-ring (bicyclic) bond motifs is 1. The van der Waals surface area contributed by atoms with Crippen LogP contribution in [0.2, 0.25) is 0 Å². The SMILES string of the molecule is COCN(C(N)=NC1c2cc(OCC(C)C)ccc2CC12CCC(OC)CC2)C(C)C. The van der Waals surface area contributed by atoms with Crippen LogP contribution in [0.1, 0.15) is 70.5 Å². The minimum absolute atomic E-state index is 0.0287. The summed E-state index contributed by atoms with van der Waals surface area (Å²) in [4.78, 5) is 7.19. The zero-order valence-corrected chi connectivity index (χ0v) is 20.2. The van der Waals surface area contributed by atoms with Crippen LogP contribution >= 0.6 is 0 Å². The fraction of sp³-hybridized carbons (Fsp3) is 0.720. The van der Waals surface area contributed by atoms with Gasteiger partial charge in [-0.2, -0.15) is 0 Å². The zero-order chi connectivity index (χ0) is 22.6. The number of ether oxygens (including phenoxy) is 3. The fourth-order valence-electron chi connectivity index (χ4n) is 5.03. The molecule has 0 heterocycles. The van der Waals surface area contributed by atoms with Crippen molar-refractivity contribution >= 4 is 5.96 Å². The smallest absolute Gasteiger partial charge is 0.193 e. The number of aliphatic imine (C=N–C) groups is 1. The lowest BCUT2D eigenvalue weighted by atomic mass is 9.68. The van der Waals surface area contributed by atoms with Gasteiger partial charge in [-0.1, -0.05) is 19.9 Å². The third-order valence-corrected chi connectivity index (χ3v) is 6.83. The molecule has 1 spiro atoms. The van der Waals surface area contributed by atoms with Crippen LogP contribution in [-0.2, 0) is 15.9 Å². The maximum absolute atomic E-state index is 6.56. The summed E-state index contributed by atoms with van der Waals surface area (Å²) in [6.07, 6.45) is 5.71. The number of hydrogen-bond donors (Lipinski definition) is 1. The maximum atomic E-state index is 6.56. The Labute approximate surface area is 188 Å². The molecular formula is C25H41N3O3. The van der Waals surface area contributed by atoms with Gasteiger partial charge in [0.15, 0.2) is 5.96 Å². The molecule has 1 aromatic carbocycles. The summed E-state index contributed by atoms with van der Waals surface area (Å²) >= 11 is 0. The summed E-state index contributed by atoms with van der Waals surface area (Å²) in [6, 6.07) is 6.78. The molecule has 2 aliphatic carbocycles. The number of methoxy groups -OCH3 is 2. The molecule has 0 amide bonds. The van der Waals surface area contributed by atoms with Crippen LogP contribution in [0.25, 0.3) is 0 Å². The van der Waals surface area contributed by atoms with Crippen molar-refractivity contribution in [1.29, 1.82) is 0 Å². The second kappa shape index (κ2) is 10.2. The molecule has 1 fully saturated rings. The maximum Gasteiger partial charge on any atom is 0.193 e. The molecule has 2 N–H and O–H groups in total. The molecule has 1 unspecified atom stereocenters. The van der Waals surface area contributed by atoms with E-state index in [-0.39, 0.29) is 17.5 Å². The normalized spacial score (nSPS) is 26.0. The van der Waals surface area contributed by atoms with Gasteiger partial charge in [-0.15, -0.1) is 0 Å². The van der Waals surface area contributed by atoms with Crippen molar-refractivity contribution in [3.05, 3.63) is 29.3 Å². The summed E-state index contributed by atoms with van der Waals surface area (Å²) in [5.74, 6) is 1.96. The van der Waals surface area contributed by atoms with E-state index in [1.165, 1.54) is 11.1 Å². The van der Waals surface area contributed by atoms with E-state index >= 15 is 0 Å². The molecule has 6 heteroatoms. The predicted octanol–water partition coefficient (Wildman–Crippen LogP) is 4.52. The minimum Gasteiger partial charge on any atom is -0.493 e. The van der Waals surface area contributed by atoms with Gasteiger partial charge in [-0.25, -0.2) is 4.99 Å². The van der Waals surface area contributed by atoms with Crippen molar-refractivity contribution in [3.63, 3.8) is 0 Å². The molecule has 0 saturated heterocycles. The van der Waals surface area contributed by atoms with Crippen LogP contribution in [0.5, 0.6) is 5.75 Å². The van der Waals surface area contributed by atoms with E-state index < -0.39 is 0 Å². The number of nitrogens with zero attached hydrogens (tertiary/aromatic N) is 2. The molecule has 1 saturated carbocycles. The zero-order valence-electron chi connectivity index (χ0n) is 20.2. The van der Waals surface area contributed by atoms with E-state index in [1.807, 2.05) is 12.0 Å². The van der Waals surface area contributed by atoms with Crippen molar-refractivity contribution < 1.29 is 14.2 Å². The summed E-state index contributed by atoms with van der Waals surface area (Å²) in [6.45, 7) is 9.71. The van der Waals surface area contributed by atoms with Gasteiger partial charge in [-0.05, 0) is 75.1 Å². The Bertz CT molecular complexity index is 754.